The van der Waals surface area contributed by atoms with E-state index in [1.54, 1.807) is 0 Å². The van der Waals surface area contributed by atoms with E-state index in [1.165, 1.54) is 12.1 Å². The lowest BCUT2D eigenvalue weighted by Crippen LogP contribution is -2.04. The molecule has 1 heterocycles. The zero-order chi connectivity index (χ0) is 51.5. The van der Waals surface area contributed by atoms with Gasteiger partial charge in [0, 0.05) is 22.9 Å². The van der Waals surface area contributed by atoms with Crippen LogP contribution in [0.15, 0.2) is 118 Å². The molecule has 29 nitrogen and oxygen atoms in total. The van der Waals surface area contributed by atoms with Crippen LogP contribution in [-0.4, -0.2) is 129 Å². The first-order chi connectivity index (χ1) is 32.8. The first-order valence-electron chi connectivity index (χ1n) is 18.8. The fraction of sp³-hybridized carbons (Fsp3) is 0.105. The maximum absolute atomic E-state index is 12.9. The van der Waals surface area contributed by atoms with Gasteiger partial charge < -0.3 is 45.2 Å². The number of carboxylic acid groups (broad SMARTS) is 3. The third kappa shape index (κ3) is 11.0. The van der Waals surface area contributed by atoms with E-state index in [-0.39, 0.29) is 39.3 Å². The number of carboxylic acids is 3. The Labute approximate surface area is 390 Å². The van der Waals surface area contributed by atoms with E-state index >= 15 is 0 Å². The number of benzene rings is 5. The van der Waals surface area contributed by atoms with Crippen LogP contribution in [0.25, 0.3) is 16.5 Å². The highest BCUT2D eigenvalue weighted by molar-refractivity contribution is 7.86. The number of aromatic hydroxyl groups is 2. The topological polar surface area (TPSA) is 466 Å². The molecule has 0 aliphatic heterocycles. The van der Waals surface area contributed by atoms with Crippen molar-refractivity contribution >= 4 is 93.2 Å². The fourth-order valence-corrected chi connectivity index (χ4v) is 7.72. The number of azo groups is 3. The SMILES string of the molecule is O=C(O)c1cc(S(=O)(=O)O)ccc1/N=N/c1cc(OCCO)c(/N=N/c2c(S(=O)(=O)O)cc3c(-n4nc(C(=O)O)c(/N=N/c5ccc(S(=O)(=O)O)cc5C(=O)O)c4O)cccc3c2O)cc1OCCO. The number of aromatic nitrogens is 2. The summed E-state index contributed by atoms with van der Waals surface area (Å²) in [6.45, 7) is -2.02. The van der Waals surface area contributed by atoms with Gasteiger partial charge in [0.2, 0.25) is 11.6 Å². The average Bonchev–Trinajstić information content (AvgIpc) is 3.62. The number of nitrogens with zero attached hydrogens (tertiary/aromatic N) is 8. The highest BCUT2D eigenvalue weighted by Gasteiger charge is 2.29. The molecule has 6 rings (SSSR count). The second-order valence-electron chi connectivity index (χ2n) is 13.6. The first kappa shape index (κ1) is 51.0. The predicted molar refractivity (Wildman–Crippen MR) is 232 cm³/mol. The van der Waals surface area contributed by atoms with Gasteiger partial charge in [0.25, 0.3) is 30.4 Å². The summed E-state index contributed by atoms with van der Waals surface area (Å²) in [4.78, 5) is 33.3. The zero-order valence-corrected chi connectivity index (χ0v) is 37.0. The summed E-state index contributed by atoms with van der Waals surface area (Å²) in [7, 11) is -15.1. The Hall–Kier alpha value is -8.37. The van der Waals surface area contributed by atoms with E-state index in [4.69, 9.17) is 9.47 Å². The highest BCUT2D eigenvalue weighted by Crippen LogP contribution is 2.47. The highest BCUT2D eigenvalue weighted by atomic mass is 32.2. The summed E-state index contributed by atoms with van der Waals surface area (Å²) in [5.74, 6) is -7.98. The normalized spacial score (nSPS) is 12.4. The third-order valence-corrected chi connectivity index (χ3v) is 11.7. The van der Waals surface area contributed by atoms with Gasteiger partial charge in [-0.1, -0.05) is 12.1 Å². The Bertz CT molecular complexity index is 3580. The summed E-state index contributed by atoms with van der Waals surface area (Å²) in [5.41, 5.74) is -6.44. The zero-order valence-electron chi connectivity index (χ0n) is 34.5. The van der Waals surface area contributed by atoms with E-state index in [2.05, 4.69) is 35.8 Å². The summed E-state index contributed by atoms with van der Waals surface area (Å²) in [6.07, 6.45) is 0. The Morgan fingerprint density at radius 1 is 0.557 bits per heavy atom. The number of hydrogen-bond donors (Lipinski definition) is 10. The van der Waals surface area contributed by atoms with Crippen LogP contribution in [0.3, 0.4) is 0 Å². The van der Waals surface area contributed by atoms with Gasteiger partial charge in [-0.25, -0.2) is 14.4 Å². The van der Waals surface area contributed by atoms with E-state index < -0.39 is 141 Å². The number of hydrogen-bond acceptors (Lipinski definition) is 22. The van der Waals surface area contributed by atoms with Crippen LogP contribution in [-0.2, 0) is 30.4 Å². The molecule has 5 aromatic carbocycles. The number of fused-ring (bicyclic) bond motifs is 1. The molecule has 0 unspecified atom stereocenters. The molecule has 10 N–H and O–H groups in total. The van der Waals surface area contributed by atoms with Crippen LogP contribution >= 0.6 is 0 Å². The Balaban J connectivity index is 1.48. The lowest BCUT2D eigenvalue weighted by molar-refractivity contribution is 0.0681. The summed E-state index contributed by atoms with van der Waals surface area (Å²) in [6, 6.07) is 10.8. The van der Waals surface area contributed by atoms with Crippen molar-refractivity contribution in [1.82, 2.24) is 9.78 Å². The third-order valence-electron chi connectivity index (χ3n) is 9.13. The van der Waals surface area contributed by atoms with Crippen LogP contribution in [0.4, 0.5) is 34.1 Å². The van der Waals surface area contributed by atoms with Crippen molar-refractivity contribution in [2.75, 3.05) is 26.4 Å². The number of ether oxygens (including phenoxy) is 2. The number of phenolic OH excluding ortho intramolecular Hbond substituents is 1. The van der Waals surface area contributed by atoms with Crippen LogP contribution < -0.4 is 9.47 Å². The van der Waals surface area contributed by atoms with Gasteiger partial charge in [0.1, 0.15) is 58.0 Å². The predicted octanol–water partition coefficient (Wildman–Crippen LogP) is 5.26. The standard InChI is InChI=1S/C38H30N8O21S3/c47-8-10-66-28-16-26(29(67-11-9-48)15-25(28)41-39-23-6-4-17(68(57,58)59)12-21(23)36(51)52)42-43-31-30(70(63,64)65)14-20-19(34(31)49)2-1-3-27(20)46-35(50)32(33(45-46)38(55)56)44-40-24-7-5-18(69(60,61)62)13-22(24)37(53)54/h1-7,12-16,47-50H,8-11H2,(H,51,52)(H,53,54)(H,55,56)(H,57,58,59)(H,60,61,62)(H,63,64,65)/b41-39+,43-42+,44-40+. The molecule has 0 bridgehead atoms. The largest absolute Gasteiger partial charge is 0.505 e. The molecule has 0 radical (unpaired) electrons. The molecule has 366 valence electrons. The van der Waals surface area contributed by atoms with E-state index in [0.717, 1.165) is 48.5 Å². The minimum absolute atomic E-state index is 0.271. The Morgan fingerprint density at radius 3 is 1.49 bits per heavy atom. The van der Waals surface area contributed by atoms with Crippen molar-refractivity contribution in [3.63, 3.8) is 0 Å². The lowest BCUT2D eigenvalue weighted by atomic mass is 10.1. The quantitative estimate of drug-likeness (QED) is 0.0365. The maximum atomic E-state index is 12.9. The second kappa shape index (κ2) is 20.1. The summed E-state index contributed by atoms with van der Waals surface area (Å²) in [5, 5.41) is 97.0. The molecular formula is C38H30N8O21S3. The van der Waals surface area contributed by atoms with Gasteiger partial charge in [0.05, 0.1) is 39.8 Å². The number of carbonyl (C=O) groups is 3. The molecule has 0 aliphatic rings. The van der Waals surface area contributed by atoms with Gasteiger partial charge in [-0.05, 0) is 48.5 Å². The minimum Gasteiger partial charge on any atom is -0.505 e. The smallest absolute Gasteiger partial charge is 0.358 e. The van der Waals surface area contributed by atoms with Crippen LogP contribution in [0.2, 0.25) is 0 Å². The van der Waals surface area contributed by atoms with Crippen molar-refractivity contribution in [3.8, 4) is 28.8 Å². The van der Waals surface area contributed by atoms with Gasteiger partial charge in [-0.2, -0.15) is 35.0 Å². The number of aromatic carboxylic acids is 3. The molecule has 0 atom stereocenters. The molecule has 0 aliphatic carbocycles. The van der Waals surface area contributed by atoms with Crippen molar-refractivity contribution in [2.24, 2.45) is 30.7 Å². The van der Waals surface area contributed by atoms with Crippen molar-refractivity contribution in [2.45, 2.75) is 14.7 Å². The average molecular weight is 1030 g/mol. The van der Waals surface area contributed by atoms with Gasteiger partial charge in [-0.15, -0.1) is 30.7 Å². The van der Waals surface area contributed by atoms with Crippen molar-refractivity contribution in [1.29, 1.82) is 0 Å². The lowest BCUT2D eigenvalue weighted by Gasteiger charge is -2.14. The summed E-state index contributed by atoms with van der Waals surface area (Å²) < 4.78 is 113. The molecule has 6 aromatic rings. The fourth-order valence-electron chi connectivity index (χ4n) is 6.06. The van der Waals surface area contributed by atoms with E-state index in [9.17, 15) is 89.0 Å². The van der Waals surface area contributed by atoms with Crippen LogP contribution in [0.1, 0.15) is 31.2 Å². The monoisotopic (exact) mass is 1030 g/mol. The maximum Gasteiger partial charge on any atom is 0.358 e. The molecule has 0 fully saturated rings. The van der Waals surface area contributed by atoms with Gasteiger partial charge in [0.15, 0.2) is 11.4 Å². The van der Waals surface area contributed by atoms with Gasteiger partial charge in [-0.3, -0.25) is 13.7 Å². The molecule has 0 saturated carbocycles. The Kier molecular flexibility index (Phi) is 14.6. The number of aliphatic hydroxyl groups excluding tert-OH is 2. The molecule has 0 amide bonds. The molecule has 0 spiro atoms. The second-order valence-corrected chi connectivity index (χ2v) is 17.8. The van der Waals surface area contributed by atoms with E-state index in [0.29, 0.717) is 16.8 Å². The number of rotatable bonds is 19. The molecule has 0 saturated heterocycles. The van der Waals surface area contributed by atoms with Crippen LogP contribution in [0, 0.1) is 0 Å². The number of phenols is 1. The van der Waals surface area contributed by atoms with Crippen molar-refractivity contribution < 1.29 is 98.5 Å². The summed E-state index contributed by atoms with van der Waals surface area (Å²) >= 11 is 0. The molecule has 32 heteroatoms. The number of aliphatic hydroxyl groups is 2. The molecule has 70 heavy (non-hydrogen) atoms. The molecular weight excluding hydrogens is 1000 g/mol. The first-order valence-corrected chi connectivity index (χ1v) is 23.1. The van der Waals surface area contributed by atoms with Crippen LogP contribution in [0.5, 0.6) is 23.1 Å². The van der Waals surface area contributed by atoms with E-state index in [1.807, 2.05) is 0 Å². The van der Waals surface area contributed by atoms with Crippen molar-refractivity contribution in [3.05, 3.63) is 89.6 Å². The minimum atomic E-state index is -5.41. The Morgan fingerprint density at radius 2 is 1.03 bits per heavy atom. The van der Waals surface area contributed by atoms with Gasteiger partial charge >= 0.3 is 17.9 Å². The molecule has 1 aromatic heterocycles.